The van der Waals surface area contributed by atoms with E-state index >= 15 is 0 Å². The Morgan fingerprint density at radius 1 is 0.980 bits per heavy atom. The average molecular weight is 721 g/mol. The van der Waals surface area contributed by atoms with Crippen LogP contribution < -0.4 is 0 Å². The summed E-state index contributed by atoms with van der Waals surface area (Å²) in [7, 11) is 0. The lowest BCUT2D eigenvalue weighted by atomic mass is 9.38. The summed E-state index contributed by atoms with van der Waals surface area (Å²) in [6, 6.07) is 0. The van der Waals surface area contributed by atoms with Crippen molar-refractivity contribution in [1.82, 2.24) is 0 Å². The molecule has 4 fully saturated rings. The second-order valence-electron chi connectivity index (χ2n) is 17.5. The van der Waals surface area contributed by atoms with Crippen LogP contribution in [0.5, 0.6) is 0 Å². The number of carbonyl (C=O) groups excluding carboxylic acids is 2. The van der Waals surface area contributed by atoms with Gasteiger partial charge in [0.05, 0.1) is 18.8 Å². The highest BCUT2D eigenvalue weighted by Crippen LogP contribution is 2.74. The van der Waals surface area contributed by atoms with Crippen molar-refractivity contribution in [2.45, 2.75) is 149 Å². The SMILES string of the molecule is CC(C)=CC(CC(C)C1CCC2(C)C3C(O)C=C4C(CCC(OC(=O)CC(=O)O)C4(C)C)C3(C=O)CCC12C)OC1OC(CO)C(O)C(O)C1O. The minimum atomic E-state index is -1.54. The molecule has 5 rings (SSSR count). The Bertz CT molecular complexity index is 1390. The fourth-order valence-electron chi connectivity index (χ4n) is 11.5. The molecule has 15 atom stereocenters. The van der Waals surface area contributed by atoms with E-state index in [0.717, 1.165) is 36.7 Å². The van der Waals surface area contributed by atoms with Crippen molar-refractivity contribution >= 4 is 18.2 Å². The topological polar surface area (TPSA) is 200 Å². The van der Waals surface area contributed by atoms with Gasteiger partial charge in [-0.2, -0.15) is 0 Å². The molecule has 12 heteroatoms. The van der Waals surface area contributed by atoms with Gasteiger partial charge in [0.15, 0.2) is 6.29 Å². The number of aliphatic hydroxyl groups is 5. The number of hydrogen-bond acceptors (Lipinski definition) is 11. The van der Waals surface area contributed by atoms with E-state index in [0.29, 0.717) is 25.7 Å². The lowest BCUT2D eigenvalue weighted by Gasteiger charge is -2.66. The molecule has 1 heterocycles. The smallest absolute Gasteiger partial charge is 0.317 e. The molecular weight excluding hydrogens is 660 g/mol. The summed E-state index contributed by atoms with van der Waals surface area (Å²) in [5, 5.41) is 62.2. The number of carboxylic acids is 1. The molecule has 15 unspecified atom stereocenters. The molecule has 0 aromatic heterocycles. The zero-order valence-electron chi connectivity index (χ0n) is 31.2. The molecule has 0 spiro atoms. The van der Waals surface area contributed by atoms with Crippen molar-refractivity contribution in [2.75, 3.05) is 6.61 Å². The highest BCUT2D eigenvalue weighted by Gasteiger charge is 2.71. The standard InChI is InChI=1S/C39H60O12/c1-20(2)14-22(49-35-33(48)32(47)31(46)27(18-40)50-35)15-21(3)23-10-11-38(7)34-26(42)16-25-24(39(34,19-41)13-12-37(23,38)6)8-9-28(36(25,4)5)51-30(45)17-29(43)44/h14,16,19,21-24,26-28,31-35,40,42,46-48H,8-13,15,17-18H2,1-7H3,(H,43,44). The van der Waals surface area contributed by atoms with Crippen LogP contribution >= 0.6 is 0 Å². The molecule has 288 valence electrons. The zero-order chi connectivity index (χ0) is 37.8. The third-order valence-electron chi connectivity index (χ3n) is 14.2. The summed E-state index contributed by atoms with van der Waals surface area (Å²) >= 11 is 0. The first kappa shape index (κ1) is 40.0. The number of carboxylic acid groups (broad SMARTS) is 1. The molecule has 6 N–H and O–H groups in total. The number of rotatable bonds is 11. The molecule has 0 radical (unpaired) electrons. The predicted octanol–water partition coefficient (Wildman–Crippen LogP) is 3.31. The van der Waals surface area contributed by atoms with Gasteiger partial charge in [-0.15, -0.1) is 0 Å². The molecule has 3 saturated carbocycles. The number of fused-ring (bicyclic) bond motifs is 5. The third kappa shape index (κ3) is 6.76. The highest BCUT2D eigenvalue weighted by molar-refractivity contribution is 5.90. The summed E-state index contributed by atoms with van der Waals surface area (Å²) in [6.07, 6.45) is 0.202. The van der Waals surface area contributed by atoms with Gasteiger partial charge in [0.2, 0.25) is 0 Å². The first-order valence-electron chi connectivity index (χ1n) is 18.7. The lowest BCUT2D eigenvalue weighted by molar-refractivity contribution is -0.308. The van der Waals surface area contributed by atoms with Crippen molar-refractivity contribution in [3.63, 3.8) is 0 Å². The number of esters is 1. The summed E-state index contributed by atoms with van der Waals surface area (Å²) in [4.78, 5) is 37.0. The number of aldehydes is 1. The minimum absolute atomic E-state index is 0.118. The Balaban J connectivity index is 1.39. The maximum atomic E-state index is 13.5. The number of ether oxygens (including phenoxy) is 3. The molecule has 5 aliphatic rings. The van der Waals surface area contributed by atoms with Gasteiger partial charge in [-0.3, -0.25) is 9.59 Å². The lowest BCUT2D eigenvalue weighted by Crippen LogP contribution is -2.64. The van der Waals surface area contributed by atoms with Crippen molar-refractivity contribution < 1.29 is 59.2 Å². The quantitative estimate of drug-likeness (QED) is 0.0789. The van der Waals surface area contributed by atoms with Gasteiger partial charge in [-0.1, -0.05) is 57.9 Å². The average Bonchev–Trinajstić information content (AvgIpc) is 3.32. The number of aliphatic hydroxyl groups excluding tert-OH is 5. The van der Waals surface area contributed by atoms with Gasteiger partial charge in [0.1, 0.15) is 43.2 Å². The maximum Gasteiger partial charge on any atom is 0.317 e. The van der Waals surface area contributed by atoms with Crippen LogP contribution in [0.3, 0.4) is 0 Å². The highest BCUT2D eigenvalue weighted by atomic mass is 16.7. The van der Waals surface area contributed by atoms with E-state index in [1.165, 1.54) is 0 Å². The van der Waals surface area contributed by atoms with Crippen molar-refractivity contribution in [2.24, 2.45) is 45.3 Å². The minimum Gasteiger partial charge on any atom is -0.481 e. The first-order chi connectivity index (χ1) is 23.8. The Hall–Kier alpha value is -2.19. The molecular formula is C39H60O12. The third-order valence-corrected chi connectivity index (χ3v) is 14.2. The largest absolute Gasteiger partial charge is 0.481 e. The van der Waals surface area contributed by atoms with E-state index < -0.39 is 84.8 Å². The number of hydrogen-bond donors (Lipinski definition) is 6. The van der Waals surface area contributed by atoms with Crippen LogP contribution in [-0.2, 0) is 28.6 Å². The van der Waals surface area contributed by atoms with Crippen LogP contribution in [0.2, 0.25) is 0 Å². The van der Waals surface area contributed by atoms with Crippen molar-refractivity contribution in [3.05, 3.63) is 23.3 Å². The number of aliphatic carboxylic acids is 1. The summed E-state index contributed by atoms with van der Waals surface area (Å²) in [6.45, 7) is 14.0. The molecule has 12 nitrogen and oxygen atoms in total. The molecule has 0 aromatic rings. The van der Waals surface area contributed by atoms with Gasteiger partial charge in [0, 0.05) is 16.7 Å². The van der Waals surface area contributed by atoms with Crippen LogP contribution in [0.4, 0.5) is 0 Å². The second kappa shape index (κ2) is 14.6. The normalized spacial score (nSPS) is 44.1. The summed E-state index contributed by atoms with van der Waals surface area (Å²) in [5.74, 6) is -2.17. The Kier molecular flexibility index (Phi) is 11.4. The van der Waals surface area contributed by atoms with E-state index in [1.807, 2.05) is 39.8 Å². The summed E-state index contributed by atoms with van der Waals surface area (Å²) < 4.78 is 17.6. The number of carbonyl (C=O) groups is 3. The Morgan fingerprint density at radius 3 is 2.27 bits per heavy atom. The van der Waals surface area contributed by atoms with E-state index in [1.54, 1.807) is 0 Å². The van der Waals surface area contributed by atoms with Crippen LogP contribution in [-0.4, -0.2) is 104 Å². The van der Waals surface area contributed by atoms with Crippen LogP contribution in [0, 0.1) is 45.3 Å². The van der Waals surface area contributed by atoms with Crippen LogP contribution in [0.1, 0.15) is 99.8 Å². The predicted molar refractivity (Wildman–Crippen MR) is 185 cm³/mol. The van der Waals surface area contributed by atoms with Gasteiger partial charge in [-0.05, 0) is 87.4 Å². The van der Waals surface area contributed by atoms with Gasteiger partial charge in [-0.25, -0.2) is 0 Å². The molecule has 0 aromatic carbocycles. The van der Waals surface area contributed by atoms with E-state index in [-0.39, 0.29) is 34.5 Å². The van der Waals surface area contributed by atoms with Crippen LogP contribution in [0.15, 0.2) is 23.3 Å². The van der Waals surface area contributed by atoms with E-state index in [9.17, 15) is 39.9 Å². The molecule has 0 amide bonds. The second-order valence-corrected chi connectivity index (χ2v) is 17.5. The fourth-order valence-corrected chi connectivity index (χ4v) is 11.5. The van der Waals surface area contributed by atoms with Crippen molar-refractivity contribution in [1.29, 1.82) is 0 Å². The zero-order valence-corrected chi connectivity index (χ0v) is 31.2. The van der Waals surface area contributed by atoms with Gasteiger partial charge in [0.25, 0.3) is 0 Å². The molecule has 0 bridgehead atoms. The maximum absolute atomic E-state index is 13.5. The monoisotopic (exact) mass is 720 g/mol. The Labute approximate surface area is 301 Å². The van der Waals surface area contributed by atoms with E-state index in [2.05, 4.69) is 20.8 Å². The molecule has 1 aliphatic heterocycles. The number of allylic oxidation sites excluding steroid dienone is 1. The first-order valence-corrected chi connectivity index (χ1v) is 18.7. The van der Waals surface area contributed by atoms with Crippen LogP contribution in [0.25, 0.3) is 0 Å². The van der Waals surface area contributed by atoms with Crippen molar-refractivity contribution in [3.8, 4) is 0 Å². The Morgan fingerprint density at radius 2 is 1.67 bits per heavy atom. The molecule has 4 aliphatic carbocycles. The van der Waals surface area contributed by atoms with E-state index in [4.69, 9.17) is 19.3 Å². The fraction of sp³-hybridized carbons (Fsp3) is 0.821. The molecule has 1 saturated heterocycles. The summed E-state index contributed by atoms with van der Waals surface area (Å²) in [5.41, 5.74) is -0.217. The van der Waals surface area contributed by atoms with Gasteiger partial charge < -0.3 is 49.6 Å². The van der Waals surface area contributed by atoms with Gasteiger partial charge >= 0.3 is 11.9 Å². The molecule has 51 heavy (non-hydrogen) atoms.